The van der Waals surface area contributed by atoms with E-state index in [4.69, 9.17) is 24.2 Å². The van der Waals surface area contributed by atoms with Gasteiger partial charge in [-0.15, -0.1) is 0 Å². The molecule has 0 radical (unpaired) electrons. The molecule has 10 nitrogen and oxygen atoms in total. The Bertz CT molecular complexity index is 1260. The second kappa shape index (κ2) is 11.3. The summed E-state index contributed by atoms with van der Waals surface area (Å²) >= 11 is 0. The van der Waals surface area contributed by atoms with E-state index in [-0.39, 0.29) is 11.5 Å². The lowest BCUT2D eigenvalue weighted by Gasteiger charge is -2.29. The van der Waals surface area contributed by atoms with Gasteiger partial charge in [-0.3, -0.25) is 9.78 Å². The van der Waals surface area contributed by atoms with Crippen molar-refractivity contribution in [3.63, 3.8) is 0 Å². The van der Waals surface area contributed by atoms with Crippen molar-refractivity contribution in [1.29, 1.82) is 0 Å². The first-order chi connectivity index (χ1) is 17.7. The van der Waals surface area contributed by atoms with Gasteiger partial charge < -0.3 is 24.4 Å². The normalized spacial score (nSPS) is 16.3. The van der Waals surface area contributed by atoms with E-state index in [9.17, 15) is 4.79 Å². The molecule has 1 fully saturated rings. The van der Waals surface area contributed by atoms with Crippen LogP contribution in [0.3, 0.4) is 0 Å². The second-order valence-corrected chi connectivity index (χ2v) is 9.34. The predicted octanol–water partition coefficient (Wildman–Crippen LogP) is 2.30. The Morgan fingerprint density at radius 2 is 2.08 bits per heavy atom. The van der Waals surface area contributed by atoms with Crippen molar-refractivity contribution in [1.82, 2.24) is 25.3 Å². The highest BCUT2D eigenvalue weighted by Gasteiger charge is 2.24. The van der Waals surface area contributed by atoms with Crippen molar-refractivity contribution in [2.75, 3.05) is 52.0 Å². The number of hydrogen-bond acceptors (Lipinski definition) is 9. The Labute approximate surface area is 210 Å². The third-order valence-electron chi connectivity index (χ3n) is 6.97. The van der Waals surface area contributed by atoms with Crippen molar-refractivity contribution < 1.29 is 14.2 Å². The number of H-pyrrole nitrogens is 1. The maximum atomic E-state index is 13.3. The summed E-state index contributed by atoms with van der Waals surface area (Å²) in [5, 5.41) is 4.00. The fourth-order valence-corrected chi connectivity index (χ4v) is 5.03. The van der Waals surface area contributed by atoms with Gasteiger partial charge in [0.15, 0.2) is 0 Å². The summed E-state index contributed by atoms with van der Waals surface area (Å²) in [6.45, 7) is 4.96. The lowest BCUT2D eigenvalue weighted by molar-refractivity contribution is 0.0855. The topological polar surface area (TPSA) is 114 Å². The zero-order chi connectivity index (χ0) is 24.9. The van der Waals surface area contributed by atoms with Gasteiger partial charge in [-0.2, -0.15) is 0 Å². The van der Waals surface area contributed by atoms with Gasteiger partial charge in [0.2, 0.25) is 5.95 Å². The van der Waals surface area contributed by atoms with Crippen LogP contribution in [-0.2, 0) is 29.0 Å². The first-order valence-electron chi connectivity index (χ1n) is 12.6. The number of rotatable bonds is 9. The molecule has 0 spiro atoms. The molecule has 0 atom stereocenters. The lowest BCUT2D eigenvalue weighted by Crippen LogP contribution is -2.34. The van der Waals surface area contributed by atoms with E-state index >= 15 is 0 Å². The molecule has 0 bridgehead atoms. The molecular formula is C26H34N6O4. The van der Waals surface area contributed by atoms with E-state index in [1.54, 1.807) is 14.2 Å². The number of fused-ring (bicyclic) bond motifs is 2. The van der Waals surface area contributed by atoms with Gasteiger partial charge in [0.1, 0.15) is 11.6 Å². The number of methoxy groups -OCH3 is 2. The van der Waals surface area contributed by atoms with Gasteiger partial charge in [0.05, 0.1) is 30.3 Å². The van der Waals surface area contributed by atoms with E-state index in [2.05, 4.69) is 20.2 Å². The number of hydrogen-bond donors (Lipinski definition) is 2. The average Bonchev–Trinajstić information content (AvgIpc) is 2.92. The number of ether oxygens (including phenoxy) is 3. The number of aromatic amines is 1. The van der Waals surface area contributed by atoms with Gasteiger partial charge >= 0.3 is 0 Å². The molecule has 2 aliphatic rings. The van der Waals surface area contributed by atoms with Crippen LogP contribution in [0.25, 0.3) is 10.9 Å². The summed E-state index contributed by atoms with van der Waals surface area (Å²) in [5.74, 6) is 2.33. The van der Waals surface area contributed by atoms with Crippen LogP contribution in [0.15, 0.2) is 23.1 Å². The average molecular weight is 495 g/mol. The molecule has 2 N–H and O–H groups in total. The fraction of sp³-hybridized carbons (Fsp3) is 0.538. The number of anilines is 1. The second-order valence-electron chi connectivity index (χ2n) is 9.34. The molecule has 2 aromatic heterocycles. The summed E-state index contributed by atoms with van der Waals surface area (Å²) in [5.41, 5.74) is 3.65. The van der Waals surface area contributed by atoms with E-state index in [1.807, 2.05) is 18.3 Å². The molecule has 0 saturated carbocycles. The van der Waals surface area contributed by atoms with E-state index in [0.717, 1.165) is 68.0 Å². The summed E-state index contributed by atoms with van der Waals surface area (Å²) in [6, 6.07) is 3.83. The van der Waals surface area contributed by atoms with Crippen LogP contribution in [0.2, 0.25) is 0 Å². The van der Waals surface area contributed by atoms with Crippen molar-refractivity contribution in [3.8, 4) is 5.75 Å². The Morgan fingerprint density at radius 1 is 1.22 bits per heavy atom. The zero-order valence-corrected chi connectivity index (χ0v) is 21.0. The molecule has 5 rings (SSSR count). The van der Waals surface area contributed by atoms with E-state index < -0.39 is 0 Å². The Balaban J connectivity index is 1.36. The van der Waals surface area contributed by atoms with E-state index in [1.165, 1.54) is 0 Å². The van der Waals surface area contributed by atoms with Gasteiger partial charge in [0.25, 0.3) is 5.56 Å². The van der Waals surface area contributed by atoms with E-state index in [0.29, 0.717) is 48.9 Å². The van der Waals surface area contributed by atoms with Crippen molar-refractivity contribution in [2.24, 2.45) is 0 Å². The summed E-state index contributed by atoms with van der Waals surface area (Å²) in [6.07, 6.45) is 5.39. The number of aromatic nitrogens is 4. The van der Waals surface area contributed by atoms with Crippen LogP contribution in [0.1, 0.15) is 47.8 Å². The minimum Gasteiger partial charge on any atom is -0.497 e. The first-order valence-corrected chi connectivity index (χ1v) is 12.6. The Hall–Kier alpha value is -3.08. The lowest BCUT2D eigenvalue weighted by atomic mass is 9.89. The Kier molecular flexibility index (Phi) is 7.74. The minimum atomic E-state index is -0.115. The number of nitrogens with zero attached hydrogens (tertiary/aromatic N) is 4. The van der Waals surface area contributed by atoms with Gasteiger partial charge in [-0.25, -0.2) is 15.0 Å². The molecule has 0 amide bonds. The SMILES string of the molecule is COCCCNCc1ncc2c(n1)CCN(c1nc3cc(OC)cc(C4CCOCC4)c3c(=O)[nH]1)C2. The highest BCUT2D eigenvalue weighted by Crippen LogP contribution is 2.34. The highest BCUT2D eigenvalue weighted by atomic mass is 16.5. The Morgan fingerprint density at radius 3 is 2.89 bits per heavy atom. The molecular weight excluding hydrogens is 460 g/mol. The molecule has 10 heteroatoms. The van der Waals surface area contributed by atoms with Crippen LogP contribution in [0.5, 0.6) is 5.75 Å². The maximum absolute atomic E-state index is 13.3. The molecule has 0 unspecified atom stereocenters. The molecule has 1 aromatic carbocycles. The van der Waals surface area contributed by atoms with Crippen molar-refractivity contribution in [3.05, 3.63) is 51.3 Å². The largest absolute Gasteiger partial charge is 0.497 e. The zero-order valence-electron chi connectivity index (χ0n) is 21.0. The maximum Gasteiger partial charge on any atom is 0.260 e. The van der Waals surface area contributed by atoms with Crippen LogP contribution in [-0.4, -0.2) is 67.1 Å². The standard InChI is InChI=1S/C26H34N6O4/c1-34-9-3-7-27-15-23-28-14-18-16-32(8-4-21(18)29-23)26-30-22-13-19(35-2)12-20(24(22)25(33)31-26)17-5-10-36-11-6-17/h12-14,17,27H,3-11,15-16H2,1-2H3,(H,30,31,33). The summed E-state index contributed by atoms with van der Waals surface area (Å²) in [7, 11) is 3.36. The number of nitrogens with one attached hydrogen (secondary N) is 2. The van der Waals surface area contributed by atoms with Gasteiger partial charge in [-0.1, -0.05) is 0 Å². The summed E-state index contributed by atoms with van der Waals surface area (Å²) < 4.78 is 16.2. The third kappa shape index (κ3) is 5.35. The fourth-order valence-electron chi connectivity index (χ4n) is 5.03. The first kappa shape index (κ1) is 24.6. The molecule has 0 aliphatic carbocycles. The molecule has 192 valence electrons. The quantitative estimate of drug-likeness (QED) is 0.433. The molecule has 1 saturated heterocycles. The van der Waals surface area contributed by atoms with Gasteiger partial charge in [-0.05, 0) is 43.4 Å². The van der Waals surface area contributed by atoms with Gasteiger partial charge in [0, 0.05) is 64.3 Å². The minimum absolute atomic E-state index is 0.115. The predicted molar refractivity (Wildman–Crippen MR) is 137 cm³/mol. The molecule has 3 aromatic rings. The molecule has 2 aliphatic heterocycles. The number of benzene rings is 1. The van der Waals surface area contributed by atoms with Crippen molar-refractivity contribution in [2.45, 2.75) is 44.7 Å². The molecule has 36 heavy (non-hydrogen) atoms. The smallest absolute Gasteiger partial charge is 0.260 e. The van der Waals surface area contributed by atoms with Crippen LogP contribution < -0.4 is 20.5 Å². The van der Waals surface area contributed by atoms with Crippen LogP contribution >= 0.6 is 0 Å². The van der Waals surface area contributed by atoms with Crippen LogP contribution in [0.4, 0.5) is 5.95 Å². The highest BCUT2D eigenvalue weighted by molar-refractivity contribution is 5.84. The van der Waals surface area contributed by atoms with Crippen LogP contribution in [0, 0.1) is 0 Å². The molecule has 4 heterocycles. The monoisotopic (exact) mass is 494 g/mol. The van der Waals surface area contributed by atoms with Crippen molar-refractivity contribution >= 4 is 16.9 Å². The summed E-state index contributed by atoms with van der Waals surface area (Å²) in [4.78, 5) is 32.6. The third-order valence-corrected chi connectivity index (χ3v) is 6.97.